The van der Waals surface area contributed by atoms with E-state index in [1.807, 2.05) is 6.92 Å². The molecule has 0 unspecified atom stereocenters. The molecule has 1 heterocycles. The van der Waals surface area contributed by atoms with Crippen molar-refractivity contribution in [3.05, 3.63) is 53.6 Å². The number of hydrogen-bond donors (Lipinski definition) is 1. The zero-order chi connectivity index (χ0) is 22.4. The third-order valence-electron chi connectivity index (χ3n) is 5.15. The Hall–Kier alpha value is -2.29. The zero-order valence-corrected chi connectivity index (χ0v) is 19.2. The second-order valence-corrected chi connectivity index (χ2v) is 9.93. The molecule has 2 atom stereocenters. The van der Waals surface area contributed by atoms with Crippen LogP contribution < -0.4 is 14.8 Å². The summed E-state index contributed by atoms with van der Waals surface area (Å²) in [5, 5.41) is 3.41. The number of sulfonamides is 1. The highest BCUT2D eigenvalue weighted by molar-refractivity contribution is 7.89. The number of methoxy groups -OCH3 is 1. The summed E-state index contributed by atoms with van der Waals surface area (Å²) < 4.78 is 38.0. The number of piperidine rings is 1. The molecule has 1 N–H and O–H groups in total. The Labute approximate surface area is 188 Å². The van der Waals surface area contributed by atoms with E-state index < -0.39 is 15.9 Å². The highest BCUT2D eigenvalue weighted by atomic mass is 35.5. The van der Waals surface area contributed by atoms with Gasteiger partial charge >= 0.3 is 0 Å². The van der Waals surface area contributed by atoms with Crippen molar-refractivity contribution in [3.8, 4) is 11.5 Å². The van der Waals surface area contributed by atoms with Crippen LogP contribution in [-0.4, -0.2) is 51.5 Å². The van der Waals surface area contributed by atoms with E-state index in [1.165, 1.54) is 16.4 Å². The molecule has 1 saturated heterocycles. The van der Waals surface area contributed by atoms with Crippen LogP contribution in [0.2, 0.25) is 5.02 Å². The highest BCUT2D eigenvalue weighted by Crippen LogP contribution is 2.25. The smallest absolute Gasteiger partial charge is 0.243 e. The molecule has 1 aliphatic rings. The Morgan fingerprint density at radius 1 is 1.16 bits per heavy atom. The van der Waals surface area contributed by atoms with Crippen molar-refractivity contribution in [2.45, 2.75) is 30.7 Å². The number of carbonyl (C=O) groups is 1. The van der Waals surface area contributed by atoms with E-state index in [-0.39, 0.29) is 23.4 Å². The molecule has 0 aromatic heterocycles. The zero-order valence-electron chi connectivity index (χ0n) is 17.6. The fourth-order valence-corrected chi connectivity index (χ4v) is 5.08. The first-order valence-corrected chi connectivity index (χ1v) is 11.9. The summed E-state index contributed by atoms with van der Waals surface area (Å²) in [5.41, 5.74) is 0. The summed E-state index contributed by atoms with van der Waals surface area (Å²) in [6, 6.07) is 13.0. The van der Waals surface area contributed by atoms with E-state index >= 15 is 0 Å². The van der Waals surface area contributed by atoms with Gasteiger partial charge in [0.15, 0.2) is 0 Å². The lowest BCUT2D eigenvalue weighted by molar-refractivity contribution is -0.126. The molecule has 168 valence electrons. The van der Waals surface area contributed by atoms with Gasteiger partial charge in [0.05, 0.1) is 24.0 Å². The second-order valence-electron chi connectivity index (χ2n) is 7.55. The molecule has 2 aromatic carbocycles. The summed E-state index contributed by atoms with van der Waals surface area (Å²) >= 11 is 5.86. The third kappa shape index (κ3) is 6.12. The van der Waals surface area contributed by atoms with E-state index in [4.69, 9.17) is 21.1 Å². The second kappa shape index (κ2) is 10.3. The van der Waals surface area contributed by atoms with Crippen LogP contribution in [0.4, 0.5) is 0 Å². The van der Waals surface area contributed by atoms with E-state index in [0.717, 1.165) is 5.75 Å². The monoisotopic (exact) mass is 466 g/mol. The van der Waals surface area contributed by atoms with Crippen LogP contribution in [0.5, 0.6) is 11.5 Å². The third-order valence-corrected chi connectivity index (χ3v) is 7.29. The summed E-state index contributed by atoms with van der Waals surface area (Å²) in [6.45, 7) is 2.71. The Kier molecular flexibility index (Phi) is 7.80. The van der Waals surface area contributed by atoms with Crippen molar-refractivity contribution in [1.82, 2.24) is 9.62 Å². The lowest BCUT2D eigenvalue weighted by atomic mass is 9.98. The normalized spacial score (nSPS) is 18.2. The molecule has 0 aliphatic carbocycles. The Morgan fingerprint density at radius 3 is 2.45 bits per heavy atom. The lowest BCUT2D eigenvalue weighted by Crippen LogP contribution is -2.48. The van der Waals surface area contributed by atoms with Gasteiger partial charge in [-0.05, 0) is 68.3 Å². The van der Waals surface area contributed by atoms with Gasteiger partial charge in [-0.3, -0.25) is 4.79 Å². The molecule has 3 rings (SSSR count). The van der Waals surface area contributed by atoms with Crippen LogP contribution in [0.1, 0.15) is 19.8 Å². The fraction of sp³-hybridized carbons (Fsp3) is 0.409. The SMILES string of the molecule is COc1ccc(OC[C@H](C)NC(=O)[C@@H]2CCCN(S(=O)(=O)c3ccc(Cl)cc3)C2)cc1. The highest BCUT2D eigenvalue weighted by Gasteiger charge is 2.33. The topological polar surface area (TPSA) is 84.9 Å². The minimum absolute atomic E-state index is 0.156. The van der Waals surface area contributed by atoms with Gasteiger partial charge in [-0.15, -0.1) is 0 Å². The van der Waals surface area contributed by atoms with Crippen LogP contribution in [0.3, 0.4) is 0 Å². The molecule has 1 aliphatic heterocycles. The molecule has 31 heavy (non-hydrogen) atoms. The van der Waals surface area contributed by atoms with E-state index in [9.17, 15) is 13.2 Å². The molecule has 0 radical (unpaired) electrons. The summed E-state index contributed by atoms with van der Waals surface area (Å²) in [4.78, 5) is 12.9. The first-order valence-electron chi connectivity index (χ1n) is 10.1. The van der Waals surface area contributed by atoms with Gasteiger partial charge in [0.1, 0.15) is 18.1 Å². The van der Waals surface area contributed by atoms with E-state index in [0.29, 0.717) is 36.8 Å². The lowest BCUT2D eigenvalue weighted by Gasteiger charge is -2.31. The summed E-state index contributed by atoms with van der Waals surface area (Å²) in [5.74, 6) is 0.852. The molecule has 7 nitrogen and oxygen atoms in total. The Balaban J connectivity index is 1.54. The number of hydrogen-bond acceptors (Lipinski definition) is 5. The molecule has 1 fully saturated rings. The standard InChI is InChI=1S/C22H27ClN2O5S/c1-16(15-30-20-9-7-19(29-2)8-10-20)24-22(26)17-4-3-13-25(14-17)31(27,28)21-11-5-18(23)6-12-21/h5-12,16-17H,3-4,13-15H2,1-2H3,(H,24,26)/t16-,17+/m0/s1. The van der Waals surface area contributed by atoms with Crippen molar-refractivity contribution in [3.63, 3.8) is 0 Å². The molecule has 0 spiro atoms. The van der Waals surface area contributed by atoms with E-state index in [2.05, 4.69) is 5.32 Å². The molecular formula is C22H27ClN2O5S. The first-order chi connectivity index (χ1) is 14.8. The number of rotatable bonds is 8. The molecule has 9 heteroatoms. The van der Waals surface area contributed by atoms with Gasteiger partial charge < -0.3 is 14.8 Å². The average Bonchev–Trinajstić information content (AvgIpc) is 2.78. The first kappa shape index (κ1) is 23.4. The Bertz CT molecular complexity index is 980. The fourth-order valence-electron chi connectivity index (χ4n) is 3.43. The van der Waals surface area contributed by atoms with Gasteiger partial charge in [0.25, 0.3) is 0 Å². The van der Waals surface area contributed by atoms with Crippen molar-refractivity contribution in [2.24, 2.45) is 5.92 Å². The predicted molar refractivity (Wildman–Crippen MR) is 119 cm³/mol. The Morgan fingerprint density at radius 2 is 1.81 bits per heavy atom. The van der Waals surface area contributed by atoms with Crippen molar-refractivity contribution in [1.29, 1.82) is 0 Å². The van der Waals surface area contributed by atoms with Crippen molar-refractivity contribution in [2.75, 3.05) is 26.8 Å². The number of carbonyl (C=O) groups excluding carboxylic acids is 1. The van der Waals surface area contributed by atoms with Crippen LogP contribution in [0, 0.1) is 5.92 Å². The quantitative estimate of drug-likeness (QED) is 0.645. The minimum atomic E-state index is -3.67. The molecule has 0 bridgehead atoms. The molecule has 0 saturated carbocycles. The minimum Gasteiger partial charge on any atom is -0.497 e. The number of amides is 1. The van der Waals surface area contributed by atoms with Gasteiger partial charge in [-0.1, -0.05) is 11.6 Å². The number of nitrogens with zero attached hydrogens (tertiary/aromatic N) is 1. The predicted octanol–water partition coefficient (Wildman–Crippen LogP) is 3.33. The van der Waals surface area contributed by atoms with Crippen molar-refractivity contribution >= 4 is 27.5 Å². The number of halogens is 1. The number of benzene rings is 2. The maximum atomic E-state index is 12.9. The van der Waals surface area contributed by atoms with Crippen molar-refractivity contribution < 1.29 is 22.7 Å². The maximum absolute atomic E-state index is 12.9. The maximum Gasteiger partial charge on any atom is 0.243 e. The van der Waals surface area contributed by atoms with Crippen LogP contribution in [-0.2, 0) is 14.8 Å². The van der Waals surface area contributed by atoms with Crippen LogP contribution in [0.15, 0.2) is 53.4 Å². The summed E-state index contributed by atoms with van der Waals surface area (Å²) in [7, 11) is -2.07. The molecule has 1 amide bonds. The average molecular weight is 467 g/mol. The summed E-state index contributed by atoms with van der Waals surface area (Å²) in [6.07, 6.45) is 1.27. The molecule has 2 aromatic rings. The van der Waals surface area contributed by atoms with Gasteiger partial charge in [0.2, 0.25) is 15.9 Å². The molecular weight excluding hydrogens is 440 g/mol. The van der Waals surface area contributed by atoms with Gasteiger partial charge in [-0.2, -0.15) is 4.31 Å². The van der Waals surface area contributed by atoms with Crippen LogP contribution >= 0.6 is 11.6 Å². The van der Waals surface area contributed by atoms with Crippen LogP contribution in [0.25, 0.3) is 0 Å². The number of ether oxygens (including phenoxy) is 2. The van der Waals surface area contributed by atoms with Gasteiger partial charge in [-0.25, -0.2) is 8.42 Å². The van der Waals surface area contributed by atoms with E-state index in [1.54, 1.807) is 43.5 Å². The largest absolute Gasteiger partial charge is 0.497 e. The van der Waals surface area contributed by atoms with Gasteiger partial charge in [0, 0.05) is 18.1 Å². The number of nitrogens with one attached hydrogen (secondary N) is 1.